The number of carbonyl (C=O) groups excluding carboxylic acids is 1. The molecule has 0 radical (unpaired) electrons. The van der Waals surface area contributed by atoms with Crippen LogP contribution in [-0.2, 0) is 17.5 Å². The zero-order valence-corrected chi connectivity index (χ0v) is 14.1. The maximum Gasteiger partial charge on any atom is 0.416 e. The first kappa shape index (κ1) is 18.6. The Kier molecular flexibility index (Phi) is 5.42. The molecule has 1 fully saturated rings. The van der Waals surface area contributed by atoms with Crippen molar-refractivity contribution in [1.82, 2.24) is 10.2 Å². The number of hydrogen-bond acceptors (Lipinski definition) is 3. The molecule has 0 aliphatic carbocycles. The molecule has 0 spiro atoms. The second-order valence-electron chi connectivity index (χ2n) is 7.07. The average molecular weight is 344 g/mol. The van der Waals surface area contributed by atoms with Crippen molar-refractivity contribution < 1.29 is 22.7 Å². The molecule has 1 N–H and O–H groups in total. The predicted molar refractivity (Wildman–Crippen MR) is 84.5 cm³/mol. The summed E-state index contributed by atoms with van der Waals surface area (Å²) in [6.45, 7) is 7.12. The first-order valence-corrected chi connectivity index (χ1v) is 7.91. The fraction of sp³-hybridized carbons (Fsp3) is 0.588. The first-order chi connectivity index (χ1) is 11.0. The normalized spacial score (nSPS) is 19.3. The molecular formula is C17H23F3N2O2. The van der Waals surface area contributed by atoms with Crippen LogP contribution in [-0.4, -0.2) is 35.7 Å². The van der Waals surface area contributed by atoms with Crippen LogP contribution < -0.4 is 5.32 Å². The topological polar surface area (TPSA) is 41.6 Å². The van der Waals surface area contributed by atoms with Crippen LogP contribution in [0.15, 0.2) is 24.3 Å². The average Bonchev–Trinajstić information content (AvgIpc) is 2.83. The minimum atomic E-state index is -4.33. The summed E-state index contributed by atoms with van der Waals surface area (Å²) in [5, 5.41) is 2.80. The molecule has 1 amide bonds. The van der Waals surface area contributed by atoms with E-state index in [1.807, 2.05) is 4.90 Å². The highest BCUT2D eigenvalue weighted by atomic mass is 19.4. The Morgan fingerprint density at radius 1 is 1.33 bits per heavy atom. The van der Waals surface area contributed by atoms with Crippen molar-refractivity contribution in [3.63, 3.8) is 0 Å². The van der Waals surface area contributed by atoms with Crippen LogP contribution in [0.4, 0.5) is 18.0 Å². The molecule has 4 nitrogen and oxygen atoms in total. The van der Waals surface area contributed by atoms with Crippen LogP contribution in [0.5, 0.6) is 0 Å². The lowest BCUT2D eigenvalue weighted by atomic mass is 10.1. The Labute approximate surface area is 140 Å². The van der Waals surface area contributed by atoms with Crippen LogP contribution in [0.3, 0.4) is 0 Å². The van der Waals surface area contributed by atoms with Crippen LogP contribution in [0.2, 0.25) is 0 Å². The molecule has 1 unspecified atom stereocenters. The van der Waals surface area contributed by atoms with Crippen molar-refractivity contribution in [3.8, 4) is 0 Å². The summed E-state index contributed by atoms with van der Waals surface area (Å²) in [5.41, 5.74) is -0.578. The van der Waals surface area contributed by atoms with E-state index in [0.29, 0.717) is 18.7 Å². The van der Waals surface area contributed by atoms with E-state index in [0.717, 1.165) is 19.0 Å². The second-order valence-corrected chi connectivity index (χ2v) is 7.07. The maximum atomic E-state index is 12.7. The third-order valence-corrected chi connectivity index (χ3v) is 3.65. The van der Waals surface area contributed by atoms with Gasteiger partial charge in [-0.3, -0.25) is 4.90 Å². The molecule has 0 saturated carbocycles. The number of ether oxygens (including phenoxy) is 1. The van der Waals surface area contributed by atoms with E-state index in [-0.39, 0.29) is 6.04 Å². The molecule has 134 valence electrons. The zero-order chi connectivity index (χ0) is 18.0. The Bertz CT molecular complexity index is 582. The van der Waals surface area contributed by atoms with E-state index in [1.165, 1.54) is 12.1 Å². The van der Waals surface area contributed by atoms with Gasteiger partial charge in [0.25, 0.3) is 0 Å². The Morgan fingerprint density at radius 3 is 2.67 bits per heavy atom. The van der Waals surface area contributed by atoms with Crippen LogP contribution in [0, 0.1) is 0 Å². The van der Waals surface area contributed by atoms with E-state index >= 15 is 0 Å². The quantitative estimate of drug-likeness (QED) is 0.907. The van der Waals surface area contributed by atoms with Gasteiger partial charge in [-0.1, -0.05) is 18.2 Å². The maximum absolute atomic E-state index is 12.7. The van der Waals surface area contributed by atoms with Crippen molar-refractivity contribution >= 4 is 6.09 Å². The lowest BCUT2D eigenvalue weighted by Gasteiger charge is -2.22. The van der Waals surface area contributed by atoms with Gasteiger partial charge in [0.15, 0.2) is 0 Å². The Hall–Kier alpha value is -1.76. The van der Waals surface area contributed by atoms with Crippen molar-refractivity contribution in [2.75, 3.05) is 13.1 Å². The number of nitrogens with zero attached hydrogens (tertiary/aromatic N) is 1. The van der Waals surface area contributed by atoms with Gasteiger partial charge in [0.1, 0.15) is 5.60 Å². The molecule has 1 aromatic carbocycles. The van der Waals surface area contributed by atoms with Crippen LogP contribution in [0.1, 0.15) is 38.3 Å². The lowest BCUT2D eigenvalue weighted by molar-refractivity contribution is -0.137. The summed E-state index contributed by atoms with van der Waals surface area (Å²) in [6.07, 6.45) is -4.05. The molecule has 1 atom stereocenters. The number of carbonyl (C=O) groups is 1. The lowest BCUT2D eigenvalue weighted by Crippen LogP contribution is -2.40. The second kappa shape index (κ2) is 7.01. The molecular weight excluding hydrogens is 321 g/mol. The van der Waals surface area contributed by atoms with Gasteiger partial charge in [-0.15, -0.1) is 0 Å². The summed E-state index contributed by atoms with van der Waals surface area (Å²) < 4.78 is 43.5. The van der Waals surface area contributed by atoms with Gasteiger partial charge in [-0.2, -0.15) is 13.2 Å². The van der Waals surface area contributed by atoms with Crippen molar-refractivity contribution in [1.29, 1.82) is 0 Å². The molecule has 1 aliphatic heterocycles. The molecule has 1 aliphatic rings. The van der Waals surface area contributed by atoms with Crippen LogP contribution in [0.25, 0.3) is 0 Å². The number of benzene rings is 1. The highest BCUT2D eigenvalue weighted by molar-refractivity contribution is 5.68. The Balaban J connectivity index is 1.87. The largest absolute Gasteiger partial charge is 0.444 e. The predicted octanol–water partition coefficient (Wildman–Crippen LogP) is 3.80. The van der Waals surface area contributed by atoms with E-state index in [4.69, 9.17) is 4.74 Å². The molecule has 7 heteroatoms. The number of amides is 1. The summed E-state index contributed by atoms with van der Waals surface area (Å²) in [6, 6.07) is 5.30. The minimum absolute atomic E-state index is 0.0503. The third-order valence-electron chi connectivity index (χ3n) is 3.65. The van der Waals surface area contributed by atoms with Gasteiger partial charge in [0.05, 0.1) is 5.56 Å². The van der Waals surface area contributed by atoms with Gasteiger partial charge in [-0.05, 0) is 38.8 Å². The monoisotopic (exact) mass is 344 g/mol. The van der Waals surface area contributed by atoms with Gasteiger partial charge in [-0.25, -0.2) is 4.79 Å². The van der Waals surface area contributed by atoms with Gasteiger partial charge in [0.2, 0.25) is 0 Å². The molecule has 1 heterocycles. The SMILES string of the molecule is CC(C)(C)OC(=O)NC1CCN(Cc2cccc(C(F)(F)F)c2)C1. The molecule has 0 aromatic heterocycles. The molecule has 1 saturated heterocycles. The van der Waals surface area contributed by atoms with Gasteiger partial charge < -0.3 is 10.1 Å². The number of nitrogens with one attached hydrogen (secondary N) is 1. The standard InChI is InChI=1S/C17H23F3N2O2/c1-16(2,3)24-15(23)21-14-7-8-22(11-14)10-12-5-4-6-13(9-12)17(18,19)20/h4-6,9,14H,7-8,10-11H2,1-3H3,(H,21,23). The molecule has 24 heavy (non-hydrogen) atoms. The van der Waals surface area contributed by atoms with E-state index in [1.54, 1.807) is 26.8 Å². The van der Waals surface area contributed by atoms with E-state index < -0.39 is 23.4 Å². The van der Waals surface area contributed by atoms with Crippen LogP contribution >= 0.6 is 0 Å². The highest BCUT2D eigenvalue weighted by Crippen LogP contribution is 2.30. The molecule has 1 aromatic rings. The van der Waals surface area contributed by atoms with Crippen molar-refractivity contribution in [2.24, 2.45) is 0 Å². The van der Waals surface area contributed by atoms with Gasteiger partial charge in [0, 0.05) is 25.7 Å². The number of alkyl carbamates (subject to hydrolysis) is 1. The summed E-state index contributed by atoms with van der Waals surface area (Å²) in [5.74, 6) is 0. The Morgan fingerprint density at radius 2 is 2.04 bits per heavy atom. The van der Waals surface area contributed by atoms with E-state index in [2.05, 4.69) is 5.32 Å². The number of halogens is 3. The third kappa shape index (κ3) is 5.70. The summed E-state index contributed by atoms with van der Waals surface area (Å²) in [4.78, 5) is 13.8. The molecule has 0 bridgehead atoms. The molecule has 2 rings (SSSR count). The fourth-order valence-electron chi connectivity index (χ4n) is 2.67. The number of alkyl halides is 3. The summed E-state index contributed by atoms with van der Waals surface area (Å²) in [7, 11) is 0. The minimum Gasteiger partial charge on any atom is -0.444 e. The smallest absolute Gasteiger partial charge is 0.416 e. The fourth-order valence-corrected chi connectivity index (χ4v) is 2.67. The first-order valence-electron chi connectivity index (χ1n) is 7.91. The number of rotatable bonds is 3. The van der Waals surface area contributed by atoms with Crippen molar-refractivity contribution in [3.05, 3.63) is 35.4 Å². The summed E-state index contributed by atoms with van der Waals surface area (Å²) >= 11 is 0. The van der Waals surface area contributed by atoms with E-state index in [9.17, 15) is 18.0 Å². The van der Waals surface area contributed by atoms with Crippen molar-refractivity contribution in [2.45, 2.75) is 51.6 Å². The van der Waals surface area contributed by atoms with Gasteiger partial charge >= 0.3 is 12.3 Å². The zero-order valence-electron chi connectivity index (χ0n) is 14.1. The number of likely N-dealkylation sites (tertiary alicyclic amines) is 1. The highest BCUT2D eigenvalue weighted by Gasteiger charge is 2.31. The number of hydrogen-bond donors (Lipinski definition) is 1.